The minimum Gasteiger partial charge on any atom is -0.372 e. The maximum absolute atomic E-state index is 13.6. The van der Waals surface area contributed by atoms with Crippen LogP contribution in [-0.2, 0) is 4.79 Å². The molecule has 2 atom stereocenters. The molecule has 6 nitrogen and oxygen atoms in total. The third kappa shape index (κ3) is 14.8. The molecule has 0 aliphatic carbocycles. The zero-order valence-corrected chi connectivity index (χ0v) is 24.3. The van der Waals surface area contributed by atoms with Crippen molar-refractivity contribution in [2.45, 2.75) is 148 Å². The number of unbranched alkanes of at least 4 members (excludes halogenated alkanes) is 18. The van der Waals surface area contributed by atoms with Gasteiger partial charge in [-0.1, -0.05) is 122 Å². The van der Waals surface area contributed by atoms with Crippen molar-refractivity contribution in [3.05, 3.63) is 36.3 Å². The average molecular weight is 548 g/mol. The third-order valence-corrected chi connectivity index (χ3v) is 7.55. The van der Waals surface area contributed by atoms with Crippen LogP contribution in [0, 0.1) is 0 Å². The highest BCUT2D eigenvalue weighted by molar-refractivity contribution is 5.90. The first-order chi connectivity index (χ1) is 19.0. The predicted molar refractivity (Wildman–Crippen MR) is 160 cm³/mol. The summed E-state index contributed by atoms with van der Waals surface area (Å²) in [5.74, 6) is -0.791. The molecule has 0 saturated heterocycles. The van der Waals surface area contributed by atoms with Crippen molar-refractivity contribution < 1.29 is 19.4 Å². The van der Waals surface area contributed by atoms with Gasteiger partial charge in [-0.25, -0.2) is 9.71 Å². The van der Waals surface area contributed by atoms with Crippen LogP contribution in [-0.4, -0.2) is 28.7 Å². The van der Waals surface area contributed by atoms with Gasteiger partial charge < -0.3 is 20.4 Å². The number of aliphatic hydroxyl groups is 2. The van der Waals surface area contributed by atoms with Crippen molar-refractivity contribution in [1.29, 1.82) is 0 Å². The summed E-state index contributed by atoms with van der Waals surface area (Å²) in [6, 6.07) is 6.79. The molecule has 0 fully saturated rings. The molecule has 0 spiro atoms. The van der Waals surface area contributed by atoms with E-state index in [1.54, 1.807) is 24.3 Å². The average Bonchev–Trinajstić information content (AvgIpc) is 2.92. The van der Waals surface area contributed by atoms with E-state index in [1.165, 1.54) is 114 Å². The number of rotatable bonds is 22. The molecule has 4 N–H and O–H groups in total. The molecule has 1 aromatic rings. The highest BCUT2D eigenvalue weighted by Gasteiger charge is 2.26. The van der Waals surface area contributed by atoms with E-state index in [1.807, 2.05) is 0 Å². The number of nitrogens with one attached hydrogen (secondary N) is 2. The Morgan fingerprint density at radius 3 is 1.67 bits per heavy atom. The molecule has 1 aliphatic rings. The van der Waals surface area contributed by atoms with Crippen molar-refractivity contribution >= 4 is 17.3 Å². The number of carbonyl (C=O) groups excluding carboxylic acids is 1. The van der Waals surface area contributed by atoms with Gasteiger partial charge >= 0.3 is 0 Å². The van der Waals surface area contributed by atoms with E-state index >= 15 is 0 Å². The van der Waals surface area contributed by atoms with Gasteiger partial charge in [0, 0.05) is 24.0 Å². The van der Waals surface area contributed by atoms with Crippen molar-refractivity contribution in [2.75, 3.05) is 10.2 Å². The number of aliphatic hydroxyl groups excluding tert-OH is 2. The maximum atomic E-state index is 13.6. The van der Waals surface area contributed by atoms with Crippen molar-refractivity contribution in [3.63, 3.8) is 0 Å². The van der Waals surface area contributed by atoms with Crippen LogP contribution in [0.3, 0.4) is 0 Å². The number of anilines is 2. The summed E-state index contributed by atoms with van der Waals surface area (Å²) in [5, 5.41) is 24.6. The fraction of sp³-hybridized carbons (Fsp3) is 0.719. The monoisotopic (exact) mass is 547 g/mol. The number of amides is 1. The van der Waals surface area contributed by atoms with Crippen LogP contribution in [0.25, 0.3) is 0 Å². The van der Waals surface area contributed by atoms with Gasteiger partial charge in [-0.2, -0.15) is 0 Å². The molecule has 0 aromatic heterocycles. The van der Waals surface area contributed by atoms with Gasteiger partial charge in [-0.15, -0.1) is 0 Å². The lowest BCUT2D eigenvalue weighted by atomic mass is 10.0. The number of hydrogen-bond donors (Lipinski definition) is 4. The van der Waals surface area contributed by atoms with Gasteiger partial charge in [-0.05, 0) is 30.7 Å². The summed E-state index contributed by atoms with van der Waals surface area (Å²) >= 11 is 0. The first-order valence-electron chi connectivity index (χ1n) is 15.7. The molecule has 2 rings (SSSR count). The lowest BCUT2D eigenvalue weighted by Crippen LogP contribution is -2.52. The van der Waals surface area contributed by atoms with Gasteiger partial charge in [0.15, 0.2) is 18.4 Å². The molecular formula is C32H54FN3O3. The molecule has 39 heavy (non-hydrogen) atoms. The third-order valence-electron chi connectivity index (χ3n) is 7.55. The summed E-state index contributed by atoms with van der Waals surface area (Å²) in [5.41, 5.74) is 1.19. The number of halogens is 1. The van der Waals surface area contributed by atoms with Crippen molar-refractivity contribution in [2.24, 2.45) is 0 Å². The molecule has 0 radical (unpaired) electrons. The van der Waals surface area contributed by atoms with Gasteiger partial charge in [0.2, 0.25) is 5.91 Å². The second kappa shape index (κ2) is 20.9. The van der Waals surface area contributed by atoms with E-state index in [-0.39, 0.29) is 5.91 Å². The molecule has 0 bridgehead atoms. The van der Waals surface area contributed by atoms with Gasteiger partial charge in [0.25, 0.3) is 0 Å². The highest BCUT2D eigenvalue weighted by atomic mass is 19.1. The van der Waals surface area contributed by atoms with Crippen LogP contribution in [0.1, 0.15) is 135 Å². The molecule has 1 aromatic carbocycles. The van der Waals surface area contributed by atoms with Crippen LogP contribution in [0.4, 0.5) is 15.8 Å². The van der Waals surface area contributed by atoms with Gasteiger partial charge in [-0.3, -0.25) is 4.79 Å². The summed E-state index contributed by atoms with van der Waals surface area (Å²) in [7, 11) is 0. The Hall–Kier alpha value is -1.96. The lowest BCUT2D eigenvalue weighted by molar-refractivity contribution is -0.116. The summed E-state index contributed by atoms with van der Waals surface area (Å²) < 4.78 is 13.6. The second-order valence-electron chi connectivity index (χ2n) is 11.1. The molecule has 1 aliphatic heterocycles. The smallest absolute Gasteiger partial charge is 0.224 e. The molecule has 222 valence electrons. The van der Waals surface area contributed by atoms with E-state index in [0.29, 0.717) is 17.8 Å². The number of nitrogens with zero attached hydrogens (tertiary/aromatic N) is 1. The first kappa shape index (κ1) is 33.2. The Bertz CT molecular complexity index is 802. The standard InChI is InChI=1S/C32H54FN3O3/c1-2-3-4-5-6-7-8-9-10-11-12-13-14-15-16-17-18-19-20-21-30(37)34-27-22-24-28(25-23-27)36-26-29(33)31(38)35-32(36)39/h22-26,31-32,35,38-39H,2-21H2,1H3,(H,34,37). The highest BCUT2D eigenvalue weighted by Crippen LogP contribution is 2.24. The molecular weight excluding hydrogens is 493 g/mol. The van der Waals surface area contributed by atoms with E-state index in [4.69, 9.17) is 0 Å². The van der Waals surface area contributed by atoms with Crippen LogP contribution in [0.5, 0.6) is 0 Å². The van der Waals surface area contributed by atoms with Gasteiger partial charge in [0.1, 0.15) is 0 Å². The Balaban J connectivity index is 1.39. The quantitative estimate of drug-likeness (QED) is 0.110. The van der Waals surface area contributed by atoms with E-state index < -0.39 is 18.4 Å². The van der Waals surface area contributed by atoms with Crippen LogP contribution < -0.4 is 15.5 Å². The number of hydrogen-bond acceptors (Lipinski definition) is 5. The summed E-state index contributed by atoms with van der Waals surface area (Å²) in [6.45, 7) is 2.28. The van der Waals surface area contributed by atoms with E-state index in [0.717, 1.165) is 19.0 Å². The fourth-order valence-corrected chi connectivity index (χ4v) is 5.10. The van der Waals surface area contributed by atoms with Crippen LogP contribution in [0.2, 0.25) is 0 Å². The minimum absolute atomic E-state index is 0.0107. The zero-order valence-electron chi connectivity index (χ0n) is 24.3. The topological polar surface area (TPSA) is 84.8 Å². The largest absolute Gasteiger partial charge is 0.372 e. The normalized spacial score (nSPS) is 17.3. The van der Waals surface area contributed by atoms with Gasteiger partial charge in [0.05, 0.1) is 0 Å². The summed E-state index contributed by atoms with van der Waals surface area (Å²) in [6.07, 6.45) is 24.1. The molecule has 1 heterocycles. The Labute approximate surface area is 236 Å². The number of benzene rings is 1. The fourth-order valence-electron chi connectivity index (χ4n) is 5.10. The SMILES string of the molecule is CCCCCCCCCCCCCCCCCCCCCC(=O)Nc1ccc(N2C=C(F)C(O)NC2O)cc1. The van der Waals surface area contributed by atoms with Crippen LogP contribution >= 0.6 is 0 Å². The number of carbonyl (C=O) groups is 1. The Morgan fingerprint density at radius 1 is 0.769 bits per heavy atom. The maximum Gasteiger partial charge on any atom is 0.224 e. The Morgan fingerprint density at radius 2 is 1.21 bits per heavy atom. The minimum atomic E-state index is -1.51. The second-order valence-corrected chi connectivity index (χ2v) is 11.1. The summed E-state index contributed by atoms with van der Waals surface area (Å²) in [4.78, 5) is 13.5. The van der Waals surface area contributed by atoms with Crippen molar-refractivity contribution in [3.8, 4) is 0 Å². The molecule has 0 saturated carbocycles. The first-order valence-corrected chi connectivity index (χ1v) is 15.7. The van der Waals surface area contributed by atoms with E-state index in [2.05, 4.69) is 17.6 Å². The zero-order chi connectivity index (χ0) is 28.1. The molecule has 1 amide bonds. The lowest BCUT2D eigenvalue weighted by Gasteiger charge is -2.33. The molecule has 7 heteroatoms. The van der Waals surface area contributed by atoms with E-state index in [9.17, 15) is 19.4 Å². The van der Waals surface area contributed by atoms with Crippen molar-refractivity contribution in [1.82, 2.24) is 5.32 Å². The van der Waals surface area contributed by atoms with Crippen LogP contribution in [0.15, 0.2) is 36.3 Å². The Kier molecular flexibility index (Phi) is 17.8. The predicted octanol–water partition coefficient (Wildman–Crippen LogP) is 8.26. The molecule has 2 unspecified atom stereocenters.